The van der Waals surface area contributed by atoms with E-state index < -0.39 is 18.0 Å². The summed E-state index contributed by atoms with van der Waals surface area (Å²) in [6, 6.07) is 11.3. The van der Waals surface area contributed by atoms with Gasteiger partial charge < -0.3 is 24.8 Å². The van der Waals surface area contributed by atoms with E-state index in [0.717, 1.165) is 5.56 Å². The second kappa shape index (κ2) is 7.44. The number of fused-ring (bicyclic) bond motifs is 1. The van der Waals surface area contributed by atoms with Gasteiger partial charge in [0.05, 0.1) is 11.6 Å². The molecule has 4 rings (SSSR count). The van der Waals surface area contributed by atoms with Crippen LogP contribution in [0.2, 0.25) is 5.02 Å². The van der Waals surface area contributed by atoms with Gasteiger partial charge in [-0.15, -0.1) is 0 Å². The van der Waals surface area contributed by atoms with Crippen molar-refractivity contribution in [2.45, 2.75) is 19.6 Å². The number of ether oxygens (including phenoxy) is 3. The number of rotatable bonds is 4. The van der Waals surface area contributed by atoms with E-state index in [0.29, 0.717) is 33.4 Å². The molecule has 28 heavy (non-hydrogen) atoms. The van der Waals surface area contributed by atoms with Crippen LogP contribution in [0.4, 0.5) is 4.79 Å². The lowest BCUT2D eigenvalue weighted by Gasteiger charge is -2.28. The number of urea groups is 1. The molecule has 2 heterocycles. The maximum atomic E-state index is 12.8. The van der Waals surface area contributed by atoms with Crippen LogP contribution in [-0.4, -0.2) is 18.8 Å². The zero-order chi connectivity index (χ0) is 19.7. The van der Waals surface area contributed by atoms with Crippen molar-refractivity contribution in [1.82, 2.24) is 10.6 Å². The molecule has 2 aliphatic heterocycles. The van der Waals surface area contributed by atoms with E-state index >= 15 is 0 Å². The topological polar surface area (TPSA) is 85.9 Å². The van der Waals surface area contributed by atoms with E-state index in [1.165, 1.54) is 0 Å². The molecule has 2 aliphatic rings. The summed E-state index contributed by atoms with van der Waals surface area (Å²) in [5.74, 6) is 0.744. The highest BCUT2D eigenvalue weighted by molar-refractivity contribution is 6.30. The van der Waals surface area contributed by atoms with Gasteiger partial charge >= 0.3 is 12.0 Å². The number of amides is 2. The highest BCUT2D eigenvalue weighted by Gasteiger charge is 2.32. The summed E-state index contributed by atoms with van der Waals surface area (Å²) in [5.41, 5.74) is 2.21. The van der Waals surface area contributed by atoms with Gasteiger partial charge in [-0.2, -0.15) is 0 Å². The minimum atomic E-state index is -0.656. The maximum Gasteiger partial charge on any atom is 0.338 e. The fourth-order valence-corrected chi connectivity index (χ4v) is 3.36. The number of hydrogen-bond acceptors (Lipinski definition) is 5. The third-order valence-corrected chi connectivity index (χ3v) is 4.71. The summed E-state index contributed by atoms with van der Waals surface area (Å²) in [4.78, 5) is 24.8. The van der Waals surface area contributed by atoms with Crippen molar-refractivity contribution < 1.29 is 23.8 Å². The molecule has 0 unspecified atom stereocenters. The van der Waals surface area contributed by atoms with Crippen LogP contribution in [0.1, 0.15) is 24.1 Å². The first kappa shape index (κ1) is 18.2. The Morgan fingerprint density at radius 1 is 1.21 bits per heavy atom. The Morgan fingerprint density at radius 3 is 2.86 bits per heavy atom. The van der Waals surface area contributed by atoms with E-state index in [-0.39, 0.29) is 13.4 Å². The standard InChI is InChI=1S/C20H17ClN2O5/c1-11-17(18(23-20(25)22-11)13-3-2-4-14(21)8-13)19(24)26-9-12-5-6-15-16(7-12)28-10-27-15/h2-8,18H,9-10H2,1H3,(H2,22,23,25)/t18-/m0/s1. The predicted molar refractivity (Wildman–Crippen MR) is 101 cm³/mol. The van der Waals surface area contributed by atoms with Crippen LogP contribution < -0.4 is 20.1 Å². The fourth-order valence-electron chi connectivity index (χ4n) is 3.16. The zero-order valence-corrected chi connectivity index (χ0v) is 15.7. The Bertz CT molecular complexity index is 988. The van der Waals surface area contributed by atoms with Gasteiger partial charge in [-0.25, -0.2) is 9.59 Å². The Kier molecular flexibility index (Phi) is 4.83. The molecule has 7 nitrogen and oxygen atoms in total. The lowest BCUT2D eigenvalue weighted by Crippen LogP contribution is -2.45. The number of allylic oxidation sites excluding steroid dienone is 1. The molecule has 2 amide bonds. The van der Waals surface area contributed by atoms with Gasteiger partial charge in [-0.3, -0.25) is 0 Å². The van der Waals surface area contributed by atoms with Crippen LogP contribution in [0, 0.1) is 0 Å². The Balaban J connectivity index is 1.55. The fraction of sp³-hybridized carbons (Fsp3) is 0.200. The van der Waals surface area contributed by atoms with Crippen LogP contribution in [0.25, 0.3) is 0 Å². The first-order valence-electron chi connectivity index (χ1n) is 8.60. The molecule has 0 saturated carbocycles. The van der Waals surface area contributed by atoms with Crippen molar-refractivity contribution in [3.05, 3.63) is 69.9 Å². The molecule has 1 atom stereocenters. The second-order valence-electron chi connectivity index (χ2n) is 6.39. The lowest BCUT2D eigenvalue weighted by atomic mass is 9.95. The van der Waals surface area contributed by atoms with E-state index in [1.807, 2.05) is 0 Å². The molecule has 2 N–H and O–H groups in total. The van der Waals surface area contributed by atoms with Gasteiger partial charge in [0.1, 0.15) is 6.61 Å². The van der Waals surface area contributed by atoms with Gasteiger partial charge in [-0.05, 0) is 42.3 Å². The maximum absolute atomic E-state index is 12.8. The van der Waals surface area contributed by atoms with Crippen LogP contribution in [0.15, 0.2) is 53.7 Å². The normalized spacial score (nSPS) is 17.8. The average Bonchev–Trinajstić information content (AvgIpc) is 3.13. The van der Waals surface area contributed by atoms with Crippen molar-refractivity contribution in [3.8, 4) is 11.5 Å². The molecule has 0 radical (unpaired) electrons. The molecule has 8 heteroatoms. The Labute approximate surface area is 166 Å². The highest BCUT2D eigenvalue weighted by atomic mass is 35.5. The number of carbonyl (C=O) groups is 2. The Morgan fingerprint density at radius 2 is 2.04 bits per heavy atom. The summed E-state index contributed by atoms with van der Waals surface area (Å²) >= 11 is 6.07. The van der Waals surface area contributed by atoms with Crippen molar-refractivity contribution in [2.24, 2.45) is 0 Å². The molecule has 0 aliphatic carbocycles. The number of nitrogens with one attached hydrogen (secondary N) is 2. The van der Waals surface area contributed by atoms with E-state index in [2.05, 4.69) is 10.6 Å². The van der Waals surface area contributed by atoms with Gasteiger partial charge in [0.25, 0.3) is 0 Å². The van der Waals surface area contributed by atoms with Crippen LogP contribution in [0.3, 0.4) is 0 Å². The minimum Gasteiger partial charge on any atom is -0.457 e. The number of hydrogen-bond donors (Lipinski definition) is 2. The number of benzene rings is 2. The number of esters is 1. The predicted octanol–water partition coefficient (Wildman–Crippen LogP) is 3.44. The summed E-state index contributed by atoms with van der Waals surface area (Å²) in [7, 11) is 0. The number of carbonyl (C=O) groups excluding carboxylic acids is 2. The zero-order valence-electron chi connectivity index (χ0n) is 15.0. The molecular weight excluding hydrogens is 384 g/mol. The summed E-state index contributed by atoms with van der Waals surface area (Å²) in [6.45, 7) is 1.90. The van der Waals surface area contributed by atoms with Gasteiger partial charge in [0.15, 0.2) is 11.5 Å². The molecule has 2 aromatic rings. The quantitative estimate of drug-likeness (QED) is 0.768. The van der Waals surface area contributed by atoms with Crippen molar-refractivity contribution >= 4 is 23.6 Å². The first-order chi connectivity index (χ1) is 13.5. The minimum absolute atomic E-state index is 0.0580. The van der Waals surface area contributed by atoms with Crippen LogP contribution >= 0.6 is 11.6 Å². The molecular formula is C20H17ClN2O5. The molecule has 2 aromatic carbocycles. The van der Waals surface area contributed by atoms with Gasteiger partial charge in [0.2, 0.25) is 6.79 Å². The highest BCUT2D eigenvalue weighted by Crippen LogP contribution is 2.33. The second-order valence-corrected chi connectivity index (χ2v) is 6.83. The van der Waals surface area contributed by atoms with Crippen molar-refractivity contribution in [3.63, 3.8) is 0 Å². The van der Waals surface area contributed by atoms with E-state index in [9.17, 15) is 9.59 Å². The number of halogens is 1. The van der Waals surface area contributed by atoms with E-state index in [4.69, 9.17) is 25.8 Å². The SMILES string of the molecule is CC1=C(C(=O)OCc2ccc3c(c2)OCO3)[C@H](c2cccc(Cl)c2)NC(=O)N1. The third kappa shape index (κ3) is 3.61. The molecule has 0 fully saturated rings. The molecule has 0 bridgehead atoms. The first-order valence-corrected chi connectivity index (χ1v) is 8.98. The summed E-state index contributed by atoms with van der Waals surface area (Å²) < 4.78 is 16.1. The molecule has 0 spiro atoms. The van der Waals surface area contributed by atoms with Gasteiger partial charge in [0, 0.05) is 10.7 Å². The third-order valence-electron chi connectivity index (χ3n) is 4.48. The smallest absolute Gasteiger partial charge is 0.338 e. The largest absolute Gasteiger partial charge is 0.457 e. The summed E-state index contributed by atoms with van der Waals surface area (Å²) in [6.07, 6.45) is 0. The van der Waals surface area contributed by atoms with Crippen molar-refractivity contribution in [2.75, 3.05) is 6.79 Å². The van der Waals surface area contributed by atoms with Crippen LogP contribution in [-0.2, 0) is 16.1 Å². The van der Waals surface area contributed by atoms with Crippen LogP contribution in [0.5, 0.6) is 11.5 Å². The monoisotopic (exact) mass is 400 g/mol. The van der Waals surface area contributed by atoms with Crippen molar-refractivity contribution in [1.29, 1.82) is 0 Å². The Hall–Kier alpha value is -3.19. The average molecular weight is 401 g/mol. The molecule has 0 aromatic heterocycles. The molecule has 0 saturated heterocycles. The lowest BCUT2D eigenvalue weighted by molar-refractivity contribution is -0.140. The molecule has 144 valence electrons. The van der Waals surface area contributed by atoms with E-state index in [1.54, 1.807) is 49.4 Å². The summed E-state index contributed by atoms with van der Waals surface area (Å²) in [5, 5.41) is 5.88. The van der Waals surface area contributed by atoms with Gasteiger partial charge in [-0.1, -0.05) is 29.8 Å².